The minimum Gasteiger partial charge on any atom is -0.489 e. The van der Waals surface area contributed by atoms with Gasteiger partial charge in [0.05, 0.1) is 6.10 Å². The Bertz CT molecular complexity index is 331. The molecule has 0 radical (unpaired) electrons. The van der Waals surface area contributed by atoms with E-state index in [1.165, 1.54) is 0 Å². The van der Waals surface area contributed by atoms with Crippen LogP contribution in [0.3, 0.4) is 0 Å². The molecule has 1 aromatic rings. The summed E-state index contributed by atoms with van der Waals surface area (Å²) in [6.45, 7) is 8.13. The number of ether oxygens (including phenoxy) is 1. The molecule has 1 N–H and O–H groups in total. The van der Waals surface area contributed by atoms with Crippen LogP contribution in [0.4, 0.5) is 0 Å². The summed E-state index contributed by atoms with van der Waals surface area (Å²) in [5.41, 5.74) is 1.82. The lowest BCUT2D eigenvalue weighted by molar-refractivity contribution is 0.168. The Morgan fingerprint density at radius 2 is 2.13 bits per heavy atom. The molecule has 1 rings (SSSR count). The van der Waals surface area contributed by atoms with Gasteiger partial charge >= 0.3 is 0 Å². The molecule has 1 aromatic carbocycles. The van der Waals surface area contributed by atoms with Gasteiger partial charge in [0.2, 0.25) is 0 Å². The Labute approximate surface area is 91.2 Å². The second-order valence-electron chi connectivity index (χ2n) is 3.71. The first-order chi connectivity index (χ1) is 7.15. The molecule has 0 saturated heterocycles. The maximum atomic E-state index is 9.77. The monoisotopic (exact) mass is 206 g/mol. The quantitative estimate of drug-likeness (QED) is 0.750. The van der Waals surface area contributed by atoms with Gasteiger partial charge in [0, 0.05) is 5.56 Å². The van der Waals surface area contributed by atoms with E-state index in [2.05, 4.69) is 6.58 Å². The average Bonchev–Trinajstić information content (AvgIpc) is 2.25. The molecular formula is C13H18O2. The van der Waals surface area contributed by atoms with Gasteiger partial charge in [0.1, 0.15) is 12.4 Å². The van der Waals surface area contributed by atoms with E-state index in [4.69, 9.17) is 4.74 Å². The van der Waals surface area contributed by atoms with Crippen molar-refractivity contribution in [3.8, 4) is 5.75 Å². The topological polar surface area (TPSA) is 29.5 Å². The van der Waals surface area contributed by atoms with Crippen molar-refractivity contribution in [2.45, 2.75) is 26.4 Å². The predicted molar refractivity (Wildman–Crippen MR) is 62.0 cm³/mol. The minimum atomic E-state index is -0.452. The average molecular weight is 206 g/mol. The van der Waals surface area contributed by atoms with Crippen LogP contribution in [0.1, 0.15) is 31.9 Å². The molecule has 2 nitrogen and oxygen atoms in total. The molecule has 0 heterocycles. The Hall–Kier alpha value is -1.28. The van der Waals surface area contributed by atoms with E-state index >= 15 is 0 Å². The Kier molecular flexibility index (Phi) is 4.37. The third kappa shape index (κ3) is 3.40. The molecule has 0 fully saturated rings. The van der Waals surface area contributed by atoms with Crippen molar-refractivity contribution in [3.63, 3.8) is 0 Å². The third-order valence-electron chi connectivity index (χ3n) is 2.14. The van der Waals surface area contributed by atoms with Crippen molar-refractivity contribution in [2.24, 2.45) is 0 Å². The third-order valence-corrected chi connectivity index (χ3v) is 2.14. The Morgan fingerprint density at radius 1 is 1.47 bits per heavy atom. The van der Waals surface area contributed by atoms with E-state index in [0.717, 1.165) is 16.9 Å². The number of para-hydroxylation sites is 1. The lowest BCUT2D eigenvalue weighted by atomic mass is 10.1. The first kappa shape index (κ1) is 11.8. The number of hydrogen-bond acceptors (Lipinski definition) is 2. The summed E-state index contributed by atoms with van der Waals surface area (Å²) >= 11 is 0. The van der Waals surface area contributed by atoms with Gasteiger partial charge < -0.3 is 9.84 Å². The molecule has 0 spiro atoms. The molecule has 0 aliphatic rings. The van der Waals surface area contributed by atoms with E-state index in [-0.39, 0.29) is 0 Å². The molecular weight excluding hydrogens is 188 g/mol. The van der Waals surface area contributed by atoms with Gasteiger partial charge in [-0.2, -0.15) is 0 Å². The highest BCUT2D eigenvalue weighted by Crippen LogP contribution is 2.26. The summed E-state index contributed by atoms with van der Waals surface area (Å²) in [4.78, 5) is 0. The zero-order chi connectivity index (χ0) is 11.3. The first-order valence-corrected chi connectivity index (χ1v) is 5.19. The number of aliphatic hydroxyl groups is 1. The summed E-state index contributed by atoms with van der Waals surface area (Å²) in [7, 11) is 0. The molecule has 15 heavy (non-hydrogen) atoms. The van der Waals surface area contributed by atoms with E-state index in [1.54, 1.807) is 0 Å². The lowest BCUT2D eigenvalue weighted by Gasteiger charge is -2.14. The molecule has 2 heteroatoms. The van der Waals surface area contributed by atoms with Gasteiger partial charge in [-0.05, 0) is 25.0 Å². The SMILES string of the molecule is C=C(C)COc1ccccc1[C@H](O)CC. The van der Waals surface area contributed by atoms with Crippen LogP contribution >= 0.6 is 0 Å². The van der Waals surface area contributed by atoms with E-state index in [1.807, 2.05) is 38.1 Å². The van der Waals surface area contributed by atoms with Crippen molar-refractivity contribution in [1.29, 1.82) is 0 Å². The summed E-state index contributed by atoms with van der Waals surface area (Å²) in [6, 6.07) is 7.57. The Morgan fingerprint density at radius 3 is 2.73 bits per heavy atom. The largest absolute Gasteiger partial charge is 0.489 e. The zero-order valence-corrected chi connectivity index (χ0v) is 9.36. The number of aliphatic hydroxyl groups excluding tert-OH is 1. The standard InChI is InChI=1S/C13H18O2/c1-4-12(14)11-7-5-6-8-13(11)15-9-10(2)3/h5-8,12,14H,2,4,9H2,1,3H3/t12-/m1/s1. The van der Waals surface area contributed by atoms with Crippen LogP contribution < -0.4 is 4.74 Å². The maximum absolute atomic E-state index is 9.77. The highest BCUT2D eigenvalue weighted by Gasteiger charge is 2.10. The van der Waals surface area contributed by atoms with Gasteiger partial charge in [-0.25, -0.2) is 0 Å². The van der Waals surface area contributed by atoms with Crippen molar-refractivity contribution in [2.75, 3.05) is 6.61 Å². The second-order valence-corrected chi connectivity index (χ2v) is 3.71. The van der Waals surface area contributed by atoms with E-state index < -0.39 is 6.10 Å². The van der Waals surface area contributed by atoms with Crippen LogP contribution in [0.2, 0.25) is 0 Å². The fraction of sp³-hybridized carbons (Fsp3) is 0.385. The lowest BCUT2D eigenvalue weighted by Crippen LogP contribution is -2.03. The van der Waals surface area contributed by atoms with Gasteiger partial charge in [-0.1, -0.05) is 31.7 Å². The maximum Gasteiger partial charge on any atom is 0.125 e. The second kappa shape index (κ2) is 5.56. The van der Waals surface area contributed by atoms with Gasteiger partial charge in [0.15, 0.2) is 0 Å². The number of benzene rings is 1. The van der Waals surface area contributed by atoms with Crippen LogP contribution in [0.15, 0.2) is 36.4 Å². The van der Waals surface area contributed by atoms with Crippen LogP contribution in [0.25, 0.3) is 0 Å². The van der Waals surface area contributed by atoms with Crippen molar-refractivity contribution in [3.05, 3.63) is 42.0 Å². The van der Waals surface area contributed by atoms with Crippen LogP contribution in [0, 0.1) is 0 Å². The Balaban J connectivity index is 2.81. The zero-order valence-electron chi connectivity index (χ0n) is 9.36. The van der Waals surface area contributed by atoms with Crippen LogP contribution in [-0.2, 0) is 0 Å². The molecule has 0 bridgehead atoms. The molecule has 1 atom stereocenters. The summed E-state index contributed by atoms with van der Waals surface area (Å²) in [5, 5.41) is 9.77. The van der Waals surface area contributed by atoms with E-state index in [9.17, 15) is 5.11 Å². The molecule has 0 aromatic heterocycles. The molecule has 0 aliphatic heterocycles. The van der Waals surface area contributed by atoms with Crippen molar-refractivity contribution in [1.82, 2.24) is 0 Å². The fourth-order valence-electron chi connectivity index (χ4n) is 1.31. The highest BCUT2D eigenvalue weighted by molar-refractivity contribution is 5.35. The number of hydrogen-bond donors (Lipinski definition) is 1. The van der Waals surface area contributed by atoms with Crippen molar-refractivity contribution >= 4 is 0 Å². The summed E-state index contributed by atoms with van der Waals surface area (Å²) < 4.78 is 5.56. The van der Waals surface area contributed by atoms with Crippen LogP contribution in [0.5, 0.6) is 5.75 Å². The number of rotatable bonds is 5. The van der Waals surface area contributed by atoms with Crippen LogP contribution in [-0.4, -0.2) is 11.7 Å². The summed E-state index contributed by atoms with van der Waals surface area (Å²) in [5.74, 6) is 0.745. The predicted octanol–water partition coefficient (Wildman–Crippen LogP) is 3.08. The summed E-state index contributed by atoms with van der Waals surface area (Å²) in [6.07, 6.45) is 0.235. The molecule has 0 unspecified atom stereocenters. The molecule has 0 amide bonds. The first-order valence-electron chi connectivity index (χ1n) is 5.19. The van der Waals surface area contributed by atoms with Gasteiger partial charge in [0.25, 0.3) is 0 Å². The minimum absolute atomic E-state index is 0.452. The molecule has 0 aliphatic carbocycles. The molecule has 82 valence electrons. The van der Waals surface area contributed by atoms with Crippen molar-refractivity contribution < 1.29 is 9.84 Å². The van der Waals surface area contributed by atoms with E-state index in [0.29, 0.717) is 13.0 Å². The highest BCUT2D eigenvalue weighted by atomic mass is 16.5. The molecule has 0 saturated carbocycles. The fourth-order valence-corrected chi connectivity index (χ4v) is 1.31. The van der Waals surface area contributed by atoms with Gasteiger partial charge in [-0.15, -0.1) is 0 Å². The normalized spacial score (nSPS) is 12.2. The smallest absolute Gasteiger partial charge is 0.125 e. The van der Waals surface area contributed by atoms with Gasteiger partial charge in [-0.3, -0.25) is 0 Å².